The number of nitrogens with zero attached hydrogens (tertiary/aromatic N) is 2. The van der Waals surface area contributed by atoms with Gasteiger partial charge in [0.25, 0.3) is 5.91 Å². The molecule has 2 aromatic heterocycles. The number of likely N-dealkylation sites (tertiary alicyclic amines) is 1. The zero-order chi connectivity index (χ0) is 20.7. The van der Waals surface area contributed by atoms with E-state index in [9.17, 15) is 4.79 Å². The molecule has 1 aliphatic heterocycles. The van der Waals surface area contributed by atoms with Crippen molar-refractivity contribution in [2.75, 3.05) is 18.8 Å². The third-order valence-electron chi connectivity index (χ3n) is 5.72. The Morgan fingerprint density at radius 3 is 2.40 bits per heavy atom. The van der Waals surface area contributed by atoms with E-state index < -0.39 is 0 Å². The maximum absolute atomic E-state index is 13.1. The Morgan fingerprint density at radius 1 is 1.00 bits per heavy atom. The lowest BCUT2D eigenvalue weighted by molar-refractivity contribution is 0.0798. The Labute approximate surface area is 180 Å². The molecule has 0 atom stereocenters. The van der Waals surface area contributed by atoms with Gasteiger partial charge in [-0.2, -0.15) is 0 Å². The van der Waals surface area contributed by atoms with Crippen LogP contribution in [0.25, 0.3) is 32.6 Å². The van der Waals surface area contributed by atoms with Crippen LogP contribution in [0.5, 0.6) is 0 Å². The Morgan fingerprint density at radius 2 is 1.70 bits per heavy atom. The van der Waals surface area contributed by atoms with Crippen molar-refractivity contribution in [1.82, 2.24) is 9.88 Å². The van der Waals surface area contributed by atoms with E-state index in [2.05, 4.69) is 49.4 Å². The van der Waals surface area contributed by atoms with Crippen LogP contribution in [-0.4, -0.2) is 28.9 Å². The molecule has 4 aromatic rings. The van der Waals surface area contributed by atoms with Crippen molar-refractivity contribution >= 4 is 33.1 Å². The number of amides is 1. The van der Waals surface area contributed by atoms with Gasteiger partial charge in [-0.05, 0) is 37.0 Å². The van der Waals surface area contributed by atoms with Crippen LogP contribution in [0.15, 0.2) is 60.7 Å². The van der Waals surface area contributed by atoms with Gasteiger partial charge >= 0.3 is 0 Å². The van der Waals surface area contributed by atoms with Crippen LogP contribution < -0.4 is 5.73 Å². The van der Waals surface area contributed by atoms with E-state index in [0.717, 1.165) is 58.5 Å². The van der Waals surface area contributed by atoms with Crippen LogP contribution in [0.2, 0.25) is 0 Å². The number of benzene rings is 2. The van der Waals surface area contributed by atoms with Gasteiger partial charge in [-0.25, -0.2) is 4.98 Å². The molecule has 1 amide bonds. The predicted octanol–water partition coefficient (Wildman–Crippen LogP) is 5.76. The summed E-state index contributed by atoms with van der Waals surface area (Å²) in [6.45, 7) is 3.69. The molecule has 5 heteroatoms. The van der Waals surface area contributed by atoms with Gasteiger partial charge in [-0.15, -0.1) is 11.3 Å². The average molecular weight is 414 g/mol. The zero-order valence-corrected chi connectivity index (χ0v) is 17.7. The third-order valence-corrected chi connectivity index (χ3v) is 6.81. The molecule has 0 bridgehead atoms. The van der Waals surface area contributed by atoms with Gasteiger partial charge in [-0.3, -0.25) is 4.79 Å². The summed E-state index contributed by atoms with van der Waals surface area (Å²) in [5.41, 5.74) is 12.4. The topological polar surface area (TPSA) is 59.2 Å². The molecule has 1 fully saturated rings. The second kappa shape index (κ2) is 7.58. The molecule has 0 aliphatic carbocycles. The molecule has 4 nitrogen and oxygen atoms in total. The normalized spacial score (nSPS) is 13.8. The second-order valence-corrected chi connectivity index (χ2v) is 8.81. The van der Waals surface area contributed by atoms with E-state index >= 15 is 0 Å². The molecule has 1 aliphatic rings. The van der Waals surface area contributed by atoms with Gasteiger partial charge in [0.1, 0.15) is 9.71 Å². The number of pyridine rings is 1. The summed E-state index contributed by atoms with van der Waals surface area (Å²) >= 11 is 1.41. The number of hydrogen-bond donors (Lipinski definition) is 1. The van der Waals surface area contributed by atoms with Crippen molar-refractivity contribution < 1.29 is 4.79 Å². The van der Waals surface area contributed by atoms with Gasteiger partial charge in [0, 0.05) is 24.0 Å². The fraction of sp³-hybridized carbons (Fsp3) is 0.200. The molecular formula is C25H23N3OS. The van der Waals surface area contributed by atoms with Gasteiger partial charge in [0.15, 0.2) is 0 Å². The van der Waals surface area contributed by atoms with Gasteiger partial charge in [0.2, 0.25) is 0 Å². The number of carbonyl (C=O) groups excluding carboxylic acids is 1. The fourth-order valence-corrected chi connectivity index (χ4v) is 5.15. The monoisotopic (exact) mass is 413 g/mol. The van der Waals surface area contributed by atoms with Crippen molar-refractivity contribution in [1.29, 1.82) is 0 Å². The Bertz CT molecular complexity index is 1220. The highest BCUT2D eigenvalue weighted by Crippen LogP contribution is 2.42. The first-order valence-corrected chi connectivity index (χ1v) is 11.1. The van der Waals surface area contributed by atoms with E-state index in [4.69, 9.17) is 10.7 Å². The lowest BCUT2D eigenvalue weighted by Gasteiger charge is -2.14. The first-order chi connectivity index (χ1) is 14.6. The highest BCUT2D eigenvalue weighted by molar-refractivity contribution is 7.21. The lowest BCUT2D eigenvalue weighted by Crippen LogP contribution is -2.27. The summed E-state index contributed by atoms with van der Waals surface area (Å²) in [5.74, 6) is 0.0316. The molecule has 0 unspecified atom stereocenters. The third kappa shape index (κ3) is 3.25. The second-order valence-electron chi connectivity index (χ2n) is 7.81. The largest absolute Gasteiger partial charge is 0.397 e. The highest BCUT2D eigenvalue weighted by Gasteiger charge is 2.26. The number of aromatic nitrogens is 1. The summed E-state index contributed by atoms with van der Waals surface area (Å²) < 4.78 is 0. The first-order valence-electron chi connectivity index (χ1n) is 10.3. The number of rotatable bonds is 3. The van der Waals surface area contributed by atoms with Crippen molar-refractivity contribution in [3.8, 4) is 22.4 Å². The Hall–Kier alpha value is -3.18. The predicted molar refractivity (Wildman–Crippen MR) is 125 cm³/mol. The number of fused-ring (bicyclic) bond motifs is 1. The van der Waals surface area contributed by atoms with Crippen LogP contribution in [0, 0.1) is 6.92 Å². The Balaban J connectivity index is 1.74. The minimum atomic E-state index is 0.0316. The van der Waals surface area contributed by atoms with E-state index in [0.29, 0.717) is 10.6 Å². The molecule has 1 saturated heterocycles. The maximum Gasteiger partial charge on any atom is 0.266 e. The highest BCUT2D eigenvalue weighted by atomic mass is 32.1. The number of thiophene rings is 1. The lowest BCUT2D eigenvalue weighted by atomic mass is 9.98. The number of nitrogens with two attached hydrogens (primary N) is 1. The molecule has 0 spiro atoms. The summed E-state index contributed by atoms with van der Waals surface area (Å²) in [7, 11) is 0. The number of hydrogen-bond acceptors (Lipinski definition) is 4. The molecule has 150 valence electrons. The molecule has 0 radical (unpaired) electrons. The molecule has 2 aromatic carbocycles. The van der Waals surface area contributed by atoms with E-state index in [1.54, 1.807) is 0 Å². The summed E-state index contributed by atoms with van der Waals surface area (Å²) in [4.78, 5) is 21.3. The molecular weight excluding hydrogens is 390 g/mol. The number of nitrogen functional groups attached to an aromatic ring is 1. The van der Waals surface area contributed by atoms with E-state index in [1.165, 1.54) is 16.9 Å². The molecule has 0 saturated carbocycles. The van der Waals surface area contributed by atoms with Crippen LogP contribution in [0.4, 0.5) is 5.69 Å². The Kier molecular flexibility index (Phi) is 4.75. The average Bonchev–Trinajstić information content (AvgIpc) is 3.42. The van der Waals surface area contributed by atoms with Crippen LogP contribution >= 0.6 is 11.3 Å². The van der Waals surface area contributed by atoms with E-state index in [-0.39, 0.29) is 5.91 Å². The first kappa shape index (κ1) is 18.8. The van der Waals surface area contributed by atoms with Crippen LogP contribution in [0.3, 0.4) is 0 Å². The summed E-state index contributed by atoms with van der Waals surface area (Å²) in [5, 5.41) is 0.881. The van der Waals surface area contributed by atoms with Crippen molar-refractivity contribution in [2.24, 2.45) is 0 Å². The quantitative estimate of drug-likeness (QED) is 0.465. The van der Waals surface area contributed by atoms with E-state index in [1.807, 2.05) is 23.1 Å². The number of carbonyl (C=O) groups is 1. The molecule has 2 N–H and O–H groups in total. The molecule has 30 heavy (non-hydrogen) atoms. The van der Waals surface area contributed by atoms with Crippen molar-refractivity contribution in [2.45, 2.75) is 19.8 Å². The van der Waals surface area contributed by atoms with Crippen molar-refractivity contribution in [3.05, 3.63) is 71.1 Å². The van der Waals surface area contributed by atoms with Gasteiger partial charge in [-0.1, -0.05) is 60.2 Å². The fourth-order valence-electron chi connectivity index (χ4n) is 4.06. The van der Waals surface area contributed by atoms with Gasteiger partial charge < -0.3 is 10.6 Å². The number of anilines is 1. The minimum absolute atomic E-state index is 0.0316. The summed E-state index contributed by atoms with van der Waals surface area (Å²) in [6, 6.07) is 20.6. The summed E-state index contributed by atoms with van der Waals surface area (Å²) in [6.07, 6.45) is 2.11. The smallest absolute Gasteiger partial charge is 0.266 e. The minimum Gasteiger partial charge on any atom is -0.397 e. The standard InChI is InChI=1S/C25H23N3OS/c1-16-9-11-17(12-10-16)19-15-20(18-7-3-2-4-8-18)27-24-21(19)22(26)23(30-24)25(29)28-13-5-6-14-28/h2-4,7-12,15H,5-6,13-14,26H2,1H3. The van der Waals surface area contributed by atoms with Crippen LogP contribution in [0.1, 0.15) is 28.1 Å². The van der Waals surface area contributed by atoms with Gasteiger partial charge in [0.05, 0.1) is 11.4 Å². The van der Waals surface area contributed by atoms with Crippen molar-refractivity contribution in [3.63, 3.8) is 0 Å². The molecule has 5 rings (SSSR count). The maximum atomic E-state index is 13.1. The SMILES string of the molecule is Cc1ccc(-c2cc(-c3ccccc3)nc3sc(C(=O)N4CCCC4)c(N)c23)cc1. The number of aryl methyl sites for hydroxylation is 1. The molecule has 3 heterocycles. The zero-order valence-electron chi connectivity index (χ0n) is 16.9. The van der Waals surface area contributed by atoms with Crippen LogP contribution in [-0.2, 0) is 0 Å².